The van der Waals surface area contributed by atoms with Crippen LogP contribution >= 0.6 is 0 Å². The van der Waals surface area contributed by atoms with E-state index in [1.165, 1.54) is 54.5 Å². The Morgan fingerprint density at radius 2 is 2.08 bits per heavy atom. The number of hydrogen-bond acceptors (Lipinski definition) is 3. The van der Waals surface area contributed by atoms with Crippen LogP contribution in [0.2, 0.25) is 0 Å². The Balaban J connectivity index is 1.61. The number of fused-ring (bicyclic) bond motifs is 1. The molecule has 26 heavy (non-hydrogen) atoms. The molecule has 1 aromatic rings. The number of allylic oxidation sites excluding steroid dienone is 4. The third-order valence-corrected chi connectivity index (χ3v) is 6.05. The number of aromatic nitrogens is 1. The van der Waals surface area contributed by atoms with Crippen LogP contribution in [0.5, 0.6) is 0 Å². The van der Waals surface area contributed by atoms with Gasteiger partial charge in [0.15, 0.2) is 0 Å². The highest BCUT2D eigenvalue weighted by Gasteiger charge is 2.27. The highest BCUT2D eigenvalue weighted by Crippen LogP contribution is 2.37. The number of pyridine rings is 1. The van der Waals surface area contributed by atoms with Gasteiger partial charge in [-0.05, 0) is 61.0 Å². The van der Waals surface area contributed by atoms with Gasteiger partial charge in [-0.1, -0.05) is 37.0 Å². The molecule has 1 aromatic heterocycles. The van der Waals surface area contributed by atoms with Gasteiger partial charge in [0, 0.05) is 36.8 Å². The number of dihydropyridines is 1. The molecule has 1 saturated carbocycles. The zero-order valence-corrected chi connectivity index (χ0v) is 15.7. The fourth-order valence-electron chi connectivity index (χ4n) is 4.52. The summed E-state index contributed by atoms with van der Waals surface area (Å²) in [6, 6.07) is 4.14. The van der Waals surface area contributed by atoms with E-state index in [9.17, 15) is 0 Å². The van der Waals surface area contributed by atoms with Crippen LogP contribution in [0, 0.1) is 11.8 Å². The van der Waals surface area contributed by atoms with E-state index in [0.717, 1.165) is 25.4 Å². The second-order valence-electron chi connectivity index (χ2n) is 7.81. The maximum absolute atomic E-state index is 4.63. The summed E-state index contributed by atoms with van der Waals surface area (Å²) in [5, 5.41) is 3.74. The van der Waals surface area contributed by atoms with Gasteiger partial charge in [0.2, 0.25) is 0 Å². The zero-order valence-electron chi connectivity index (χ0n) is 15.7. The predicted octanol–water partition coefficient (Wildman–Crippen LogP) is 4.98. The third-order valence-electron chi connectivity index (χ3n) is 6.05. The first-order valence-electron chi connectivity index (χ1n) is 10.0. The summed E-state index contributed by atoms with van der Waals surface area (Å²) in [6.07, 6.45) is 18.7. The smallest absolute Gasteiger partial charge is 0.0510 e. The molecule has 0 amide bonds. The third kappa shape index (κ3) is 3.82. The first-order valence-corrected chi connectivity index (χ1v) is 10.0. The van der Waals surface area contributed by atoms with E-state index in [0.29, 0.717) is 5.92 Å². The topological polar surface area (TPSA) is 37.3 Å². The standard InChI is InChI=1S/C23H29N3/c1-17-13-25-16-22-21(17)10-9-20(19-7-3-2-4-8-19)12-23(22)26-15-18-6-5-11-24-14-18/h5-6,9,11-14,19,22,26H,2-4,7-8,10,15-16H2,1H3. The van der Waals surface area contributed by atoms with Crippen LogP contribution < -0.4 is 5.32 Å². The molecule has 0 radical (unpaired) electrons. The highest BCUT2D eigenvalue weighted by atomic mass is 14.9. The zero-order chi connectivity index (χ0) is 17.8. The molecule has 136 valence electrons. The first-order chi connectivity index (χ1) is 12.8. The molecule has 4 rings (SSSR count). The number of rotatable bonds is 4. The summed E-state index contributed by atoms with van der Waals surface area (Å²) in [7, 11) is 0. The van der Waals surface area contributed by atoms with Gasteiger partial charge in [0.25, 0.3) is 0 Å². The van der Waals surface area contributed by atoms with Gasteiger partial charge in [-0.15, -0.1) is 0 Å². The molecule has 3 aliphatic rings. The monoisotopic (exact) mass is 347 g/mol. The molecule has 0 aromatic carbocycles. The van der Waals surface area contributed by atoms with Crippen LogP contribution in [0.25, 0.3) is 0 Å². The fraction of sp³-hybridized carbons (Fsp3) is 0.478. The summed E-state index contributed by atoms with van der Waals surface area (Å²) in [5.74, 6) is 1.13. The van der Waals surface area contributed by atoms with Gasteiger partial charge in [-0.25, -0.2) is 0 Å². The largest absolute Gasteiger partial charge is 0.384 e. The van der Waals surface area contributed by atoms with Crippen LogP contribution in [0.3, 0.4) is 0 Å². The predicted molar refractivity (Wildman–Crippen MR) is 108 cm³/mol. The number of nitrogens with one attached hydrogen (secondary N) is 1. The normalized spacial score (nSPS) is 23.8. The lowest BCUT2D eigenvalue weighted by Crippen LogP contribution is -2.26. The lowest BCUT2D eigenvalue weighted by atomic mass is 9.83. The van der Waals surface area contributed by atoms with Crippen molar-refractivity contribution in [1.82, 2.24) is 10.3 Å². The van der Waals surface area contributed by atoms with Crippen LogP contribution in [-0.2, 0) is 6.54 Å². The Bertz CT molecular complexity index is 749. The number of aliphatic imine (C=N–C) groups is 1. The van der Waals surface area contributed by atoms with Gasteiger partial charge in [-0.3, -0.25) is 9.98 Å². The SMILES string of the molecule is CC1=C2CC=C(C3CCCCC3)C=C(NCc3cccnc3)C2CN=C1. The second-order valence-corrected chi connectivity index (χ2v) is 7.81. The summed E-state index contributed by atoms with van der Waals surface area (Å²) >= 11 is 0. The van der Waals surface area contributed by atoms with Gasteiger partial charge < -0.3 is 5.32 Å². The van der Waals surface area contributed by atoms with Gasteiger partial charge in [0.1, 0.15) is 0 Å². The van der Waals surface area contributed by atoms with Crippen LogP contribution in [0.4, 0.5) is 0 Å². The van der Waals surface area contributed by atoms with Crippen molar-refractivity contribution in [3.05, 3.63) is 64.7 Å². The Labute approximate surface area is 157 Å². The van der Waals surface area contributed by atoms with Crippen molar-refractivity contribution in [3.63, 3.8) is 0 Å². The van der Waals surface area contributed by atoms with Crippen molar-refractivity contribution >= 4 is 6.21 Å². The Morgan fingerprint density at radius 3 is 2.88 bits per heavy atom. The molecule has 1 unspecified atom stereocenters. The van der Waals surface area contributed by atoms with E-state index >= 15 is 0 Å². The Morgan fingerprint density at radius 1 is 1.19 bits per heavy atom. The van der Waals surface area contributed by atoms with E-state index in [-0.39, 0.29) is 0 Å². The first kappa shape index (κ1) is 17.3. The molecule has 1 atom stereocenters. The van der Waals surface area contributed by atoms with Crippen molar-refractivity contribution in [2.75, 3.05) is 6.54 Å². The molecule has 1 aliphatic heterocycles. The average Bonchev–Trinajstić information content (AvgIpc) is 2.89. The lowest BCUT2D eigenvalue weighted by Gasteiger charge is -2.26. The summed E-state index contributed by atoms with van der Waals surface area (Å²) < 4.78 is 0. The van der Waals surface area contributed by atoms with E-state index in [4.69, 9.17) is 0 Å². The van der Waals surface area contributed by atoms with Crippen molar-refractivity contribution in [3.8, 4) is 0 Å². The average molecular weight is 348 g/mol. The van der Waals surface area contributed by atoms with Crippen LogP contribution in [0.15, 0.2) is 64.1 Å². The number of nitrogens with zero attached hydrogens (tertiary/aromatic N) is 2. The maximum atomic E-state index is 4.63. The van der Waals surface area contributed by atoms with Crippen molar-refractivity contribution in [2.24, 2.45) is 16.8 Å². The summed E-state index contributed by atoms with van der Waals surface area (Å²) in [5.41, 5.74) is 7.00. The molecule has 2 heterocycles. The number of hydrogen-bond donors (Lipinski definition) is 1. The minimum atomic E-state index is 0.397. The highest BCUT2D eigenvalue weighted by molar-refractivity contribution is 5.80. The molecular formula is C23H29N3. The van der Waals surface area contributed by atoms with Crippen molar-refractivity contribution < 1.29 is 0 Å². The van der Waals surface area contributed by atoms with Crippen molar-refractivity contribution in [2.45, 2.75) is 52.0 Å². The molecule has 0 spiro atoms. The molecule has 0 saturated heterocycles. The Hall–Kier alpha value is -2.16. The molecular weight excluding hydrogens is 318 g/mol. The van der Waals surface area contributed by atoms with Gasteiger partial charge in [0.05, 0.1) is 6.54 Å². The van der Waals surface area contributed by atoms with E-state index in [2.05, 4.69) is 46.6 Å². The fourth-order valence-corrected chi connectivity index (χ4v) is 4.52. The summed E-state index contributed by atoms with van der Waals surface area (Å²) in [4.78, 5) is 8.87. The van der Waals surface area contributed by atoms with Crippen LogP contribution in [-0.4, -0.2) is 17.7 Å². The van der Waals surface area contributed by atoms with Crippen molar-refractivity contribution in [1.29, 1.82) is 0 Å². The maximum Gasteiger partial charge on any atom is 0.0510 e. The van der Waals surface area contributed by atoms with E-state index in [1.54, 1.807) is 5.57 Å². The molecule has 3 nitrogen and oxygen atoms in total. The molecule has 1 N–H and O–H groups in total. The van der Waals surface area contributed by atoms with E-state index in [1.807, 2.05) is 18.5 Å². The second kappa shape index (κ2) is 8.03. The van der Waals surface area contributed by atoms with Gasteiger partial charge >= 0.3 is 0 Å². The molecule has 2 aliphatic carbocycles. The summed E-state index contributed by atoms with van der Waals surface area (Å²) in [6.45, 7) is 3.90. The lowest BCUT2D eigenvalue weighted by molar-refractivity contribution is 0.407. The molecule has 1 fully saturated rings. The van der Waals surface area contributed by atoms with Gasteiger partial charge in [-0.2, -0.15) is 0 Å². The van der Waals surface area contributed by atoms with E-state index < -0.39 is 0 Å². The minimum Gasteiger partial charge on any atom is -0.384 e. The quantitative estimate of drug-likeness (QED) is 0.834. The molecule has 3 heteroatoms. The minimum absolute atomic E-state index is 0.397. The molecule has 0 bridgehead atoms. The Kier molecular flexibility index (Phi) is 5.33. The van der Waals surface area contributed by atoms with Crippen LogP contribution in [0.1, 0.15) is 51.0 Å².